The zero-order chi connectivity index (χ0) is 48.2. The summed E-state index contributed by atoms with van der Waals surface area (Å²) in [6.45, 7) is 10.4. The Bertz CT molecular complexity index is 848. The number of aliphatic hydroxyl groups is 2. The third-order valence-corrected chi connectivity index (χ3v) is 9.23. The van der Waals surface area contributed by atoms with E-state index >= 15 is 0 Å². The van der Waals surface area contributed by atoms with Gasteiger partial charge in [0.25, 0.3) is 0 Å². The number of rotatable bonds is 57. The predicted octanol–water partition coefficient (Wildman–Crippen LogP) is 1.23. The highest BCUT2D eigenvalue weighted by atomic mass is 16.6. The van der Waals surface area contributed by atoms with Gasteiger partial charge in [0, 0.05) is 88.9 Å². The van der Waals surface area contributed by atoms with Crippen molar-refractivity contribution < 1.29 is 100 Å². The second-order valence-electron chi connectivity index (χ2n) is 14.9. The lowest BCUT2D eigenvalue weighted by Gasteiger charge is -2.23. The predicted molar refractivity (Wildman–Crippen MR) is 243 cm³/mol. The summed E-state index contributed by atoms with van der Waals surface area (Å²) in [5.41, 5.74) is 0. The van der Waals surface area contributed by atoms with Crippen LogP contribution in [0, 0.1) is 0 Å². The zero-order valence-corrected chi connectivity index (χ0v) is 41.4. The Morgan fingerprint density at radius 1 is 0.242 bits per heavy atom. The fourth-order valence-electron chi connectivity index (χ4n) is 5.57. The van der Waals surface area contributed by atoms with Gasteiger partial charge in [-0.1, -0.05) is 0 Å². The van der Waals surface area contributed by atoms with Crippen molar-refractivity contribution in [3.05, 3.63) is 0 Å². The first-order valence-corrected chi connectivity index (χ1v) is 23.4. The molecule has 66 heavy (non-hydrogen) atoms. The summed E-state index contributed by atoms with van der Waals surface area (Å²) in [5.74, 6) is 0. The molecule has 0 aromatic carbocycles. The second-order valence-corrected chi connectivity index (χ2v) is 14.9. The topological polar surface area (TPSA) is 216 Å². The van der Waals surface area contributed by atoms with Crippen LogP contribution in [0.15, 0.2) is 0 Å². The molecule has 0 aliphatic rings. The van der Waals surface area contributed by atoms with E-state index in [2.05, 4.69) is 0 Å². The molecule has 0 radical (unpaired) electrons. The van der Waals surface area contributed by atoms with Crippen molar-refractivity contribution in [2.75, 3.05) is 228 Å². The van der Waals surface area contributed by atoms with Gasteiger partial charge >= 0.3 is 0 Å². The molecule has 0 rings (SSSR count). The van der Waals surface area contributed by atoms with Crippen molar-refractivity contribution in [1.29, 1.82) is 0 Å². The van der Waals surface area contributed by atoms with E-state index in [1.807, 2.05) is 0 Å². The van der Waals surface area contributed by atoms with E-state index in [-0.39, 0.29) is 56.4 Å². The molecule has 0 amide bonds. The molecule has 0 spiro atoms. The molecule has 21 heteroatoms. The van der Waals surface area contributed by atoms with Gasteiger partial charge in [0.1, 0.15) is 18.3 Å². The highest BCUT2D eigenvalue weighted by molar-refractivity contribution is 4.65. The number of hydrogen-bond acceptors (Lipinski definition) is 21. The molecular formula is C45H92O21. The number of ether oxygens (including phenoxy) is 19. The summed E-state index contributed by atoms with van der Waals surface area (Å²) in [4.78, 5) is 0. The van der Waals surface area contributed by atoms with Gasteiger partial charge in [-0.25, -0.2) is 0 Å². The molecule has 0 saturated carbocycles. The standard InChI is InChI=1S/C45H92O21/c1-48-19-25-58-36-43(61-15-8-13-47)37-60-39-45(66-30-24-53-6)35-57-18-10-41(63-27-21-50-3)32-55-16-9-40(62-26-20-49-2)31-56-17-11-42(64-28-22-51-4)33-59-38-44(65-29-23-52-5)34-54-14-7-12-46/h40-47H,7-39H2,1-6H3. The van der Waals surface area contributed by atoms with Crippen LogP contribution in [-0.4, -0.2) is 274 Å². The first kappa shape index (κ1) is 65.2. The third-order valence-electron chi connectivity index (χ3n) is 9.23. The molecule has 0 saturated heterocycles. The van der Waals surface area contributed by atoms with Crippen LogP contribution in [0.2, 0.25) is 0 Å². The maximum Gasteiger partial charge on any atom is 0.104 e. The van der Waals surface area contributed by atoms with Crippen molar-refractivity contribution in [2.24, 2.45) is 0 Å². The van der Waals surface area contributed by atoms with Gasteiger partial charge in [-0.2, -0.15) is 0 Å². The van der Waals surface area contributed by atoms with E-state index in [1.54, 1.807) is 42.7 Å². The summed E-state index contributed by atoms with van der Waals surface area (Å²) < 4.78 is 108. The zero-order valence-electron chi connectivity index (χ0n) is 41.4. The average Bonchev–Trinajstić information content (AvgIpc) is 3.32. The summed E-state index contributed by atoms with van der Waals surface area (Å²) >= 11 is 0. The first-order chi connectivity index (χ1) is 32.5. The molecule has 0 aromatic heterocycles. The fourth-order valence-corrected chi connectivity index (χ4v) is 5.57. The molecule has 0 heterocycles. The Hall–Kier alpha value is -0.840. The van der Waals surface area contributed by atoms with Gasteiger partial charge in [0.05, 0.1) is 157 Å². The second kappa shape index (κ2) is 53.5. The van der Waals surface area contributed by atoms with Gasteiger partial charge in [0.2, 0.25) is 0 Å². The fraction of sp³-hybridized carbons (Fsp3) is 1.00. The molecule has 0 aromatic rings. The summed E-state index contributed by atoms with van der Waals surface area (Å²) in [5, 5.41) is 18.2. The van der Waals surface area contributed by atoms with E-state index in [9.17, 15) is 0 Å². The Labute approximate surface area is 396 Å². The van der Waals surface area contributed by atoms with E-state index in [0.29, 0.717) is 197 Å². The molecule has 21 nitrogen and oxygen atoms in total. The Kier molecular flexibility index (Phi) is 52.8. The first-order valence-electron chi connectivity index (χ1n) is 23.4. The normalized spacial score (nSPS) is 14.7. The Morgan fingerprint density at radius 2 is 0.485 bits per heavy atom. The van der Waals surface area contributed by atoms with Crippen LogP contribution in [0.5, 0.6) is 0 Å². The third kappa shape index (κ3) is 44.4. The van der Waals surface area contributed by atoms with Crippen LogP contribution < -0.4 is 0 Å². The minimum Gasteiger partial charge on any atom is -0.396 e. The molecule has 0 aliphatic heterocycles. The van der Waals surface area contributed by atoms with Crippen LogP contribution >= 0.6 is 0 Å². The minimum absolute atomic E-state index is 0.0452. The smallest absolute Gasteiger partial charge is 0.104 e. The number of hydrogen-bond donors (Lipinski definition) is 2. The van der Waals surface area contributed by atoms with E-state index in [1.165, 1.54) is 0 Å². The van der Waals surface area contributed by atoms with Crippen molar-refractivity contribution in [1.82, 2.24) is 0 Å². The van der Waals surface area contributed by atoms with Crippen molar-refractivity contribution in [3.63, 3.8) is 0 Å². The van der Waals surface area contributed by atoms with Gasteiger partial charge in [-0.3, -0.25) is 0 Å². The summed E-state index contributed by atoms with van der Waals surface area (Å²) in [6.07, 6.45) is 1.25. The lowest BCUT2D eigenvalue weighted by molar-refractivity contribution is -0.105. The van der Waals surface area contributed by atoms with Gasteiger partial charge in [-0.05, 0) is 32.1 Å². The highest BCUT2D eigenvalue weighted by Crippen LogP contribution is 2.09. The van der Waals surface area contributed by atoms with Crippen molar-refractivity contribution >= 4 is 0 Å². The van der Waals surface area contributed by atoms with Gasteiger partial charge in [0.15, 0.2) is 0 Å². The Balaban J connectivity index is 5.08. The lowest BCUT2D eigenvalue weighted by atomic mass is 10.2. The van der Waals surface area contributed by atoms with Crippen LogP contribution in [0.3, 0.4) is 0 Å². The molecule has 0 bridgehead atoms. The molecule has 6 atom stereocenters. The van der Waals surface area contributed by atoms with E-state index < -0.39 is 0 Å². The van der Waals surface area contributed by atoms with Crippen molar-refractivity contribution in [2.45, 2.75) is 68.7 Å². The van der Waals surface area contributed by atoms with Crippen LogP contribution in [0.25, 0.3) is 0 Å². The molecular weight excluding hydrogens is 876 g/mol. The van der Waals surface area contributed by atoms with E-state index in [4.69, 9.17) is 100 Å². The van der Waals surface area contributed by atoms with Gasteiger partial charge in [-0.15, -0.1) is 0 Å². The lowest BCUT2D eigenvalue weighted by Crippen LogP contribution is -2.32. The maximum absolute atomic E-state index is 9.16. The number of methoxy groups -OCH3 is 6. The minimum atomic E-state index is -0.338. The highest BCUT2D eigenvalue weighted by Gasteiger charge is 2.18. The molecule has 0 aliphatic carbocycles. The molecule has 0 fully saturated rings. The number of aliphatic hydroxyl groups excluding tert-OH is 2. The average molecular weight is 969 g/mol. The Morgan fingerprint density at radius 3 is 0.833 bits per heavy atom. The van der Waals surface area contributed by atoms with Crippen LogP contribution in [0.4, 0.5) is 0 Å². The largest absolute Gasteiger partial charge is 0.396 e. The maximum atomic E-state index is 9.16. The van der Waals surface area contributed by atoms with Gasteiger partial charge < -0.3 is 100 Å². The van der Waals surface area contributed by atoms with Crippen LogP contribution in [0.1, 0.15) is 32.1 Å². The quantitative estimate of drug-likeness (QED) is 0.0820. The van der Waals surface area contributed by atoms with Crippen LogP contribution in [-0.2, 0) is 90.0 Å². The molecule has 6 unspecified atom stereocenters. The summed E-state index contributed by atoms with van der Waals surface area (Å²) in [6, 6.07) is 0. The van der Waals surface area contributed by atoms with E-state index in [0.717, 1.165) is 0 Å². The monoisotopic (exact) mass is 969 g/mol. The van der Waals surface area contributed by atoms with Crippen molar-refractivity contribution in [3.8, 4) is 0 Å². The molecule has 398 valence electrons. The SMILES string of the molecule is COCCOCC(COCC(COCCC(COCCC(COCCC(COCC(COCCCO)OCCOC)OCCOC)OCCOC)OCCOC)OCCOC)OCCCO. The molecule has 2 N–H and O–H groups in total. The summed E-state index contributed by atoms with van der Waals surface area (Å²) in [7, 11) is 9.76.